The summed E-state index contributed by atoms with van der Waals surface area (Å²) in [5, 5.41) is 3.60. The van der Waals surface area contributed by atoms with Crippen molar-refractivity contribution in [1.29, 1.82) is 0 Å². The number of fused-ring (bicyclic) bond motifs is 2. The Morgan fingerprint density at radius 3 is 2.40 bits per heavy atom. The first-order valence-electron chi connectivity index (χ1n) is 7.54. The van der Waals surface area contributed by atoms with E-state index in [1.54, 1.807) is 7.11 Å². The van der Waals surface area contributed by atoms with Crippen LogP contribution in [-0.2, 0) is 0 Å². The quantitative estimate of drug-likeness (QED) is 0.860. The summed E-state index contributed by atoms with van der Waals surface area (Å²) in [7, 11) is 1.67. The van der Waals surface area contributed by atoms with Crippen molar-refractivity contribution in [2.24, 2.45) is 5.92 Å². The number of hydrogen-bond acceptors (Lipinski definition) is 3. The van der Waals surface area contributed by atoms with Crippen molar-refractivity contribution in [3.8, 4) is 5.75 Å². The van der Waals surface area contributed by atoms with E-state index in [2.05, 4.69) is 5.32 Å². The normalized spacial score (nSPS) is 28.4. The number of benzene rings is 1. The van der Waals surface area contributed by atoms with Gasteiger partial charge >= 0.3 is 0 Å². The maximum absolute atomic E-state index is 12.8. The molecule has 1 aromatic carbocycles. The highest BCUT2D eigenvalue weighted by atomic mass is 16.5. The summed E-state index contributed by atoms with van der Waals surface area (Å²) >= 11 is 0. The molecule has 2 fully saturated rings. The van der Waals surface area contributed by atoms with Crippen LogP contribution < -0.4 is 10.1 Å². The average molecular weight is 273 g/mol. The van der Waals surface area contributed by atoms with Crippen LogP contribution in [0.4, 0.5) is 0 Å². The first-order chi connectivity index (χ1) is 9.58. The molecule has 0 aromatic heterocycles. The van der Waals surface area contributed by atoms with Crippen LogP contribution in [0.25, 0.3) is 0 Å². The van der Waals surface area contributed by atoms with Crippen LogP contribution in [0.1, 0.15) is 47.2 Å². The molecule has 2 unspecified atom stereocenters. The van der Waals surface area contributed by atoms with Gasteiger partial charge < -0.3 is 10.1 Å². The fourth-order valence-electron chi connectivity index (χ4n) is 3.77. The van der Waals surface area contributed by atoms with Crippen LogP contribution in [0.3, 0.4) is 0 Å². The largest absolute Gasteiger partial charge is 0.496 e. The highest BCUT2D eigenvalue weighted by Crippen LogP contribution is 2.34. The standard InChI is InChI=1S/C17H23NO2/c1-10-7-16(20-3)11(2)6-15(10)17(19)12-8-13-4-5-14(9-12)18-13/h6-7,12-14,18H,4-5,8-9H2,1-3H3. The first kappa shape index (κ1) is 13.6. The van der Waals surface area contributed by atoms with Crippen molar-refractivity contribution < 1.29 is 9.53 Å². The van der Waals surface area contributed by atoms with Gasteiger partial charge in [-0.25, -0.2) is 0 Å². The average Bonchev–Trinajstić information content (AvgIpc) is 2.78. The highest BCUT2D eigenvalue weighted by molar-refractivity contribution is 5.99. The molecule has 0 amide bonds. The Balaban J connectivity index is 1.85. The third kappa shape index (κ3) is 2.35. The Labute approximate surface area is 120 Å². The third-order valence-corrected chi connectivity index (χ3v) is 4.85. The predicted molar refractivity (Wildman–Crippen MR) is 79.5 cm³/mol. The van der Waals surface area contributed by atoms with Gasteiger partial charge in [-0.1, -0.05) is 0 Å². The lowest BCUT2D eigenvalue weighted by Crippen LogP contribution is -2.40. The van der Waals surface area contributed by atoms with E-state index in [9.17, 15) is 4.79 Å². The number of ketones is 1. The number of piperidine rings is 1. The van der Waals surface area contributed by atoms with Gasteiger partial charge in [-0.3, -0.25) is 4.79 Å². The summed E-state index contributed by atoms with van der Waals surface area (Å²) < 4.78 is 5.33. The second kappa shape index (κ2) is 5.21. The zero-order valence-electron chi connectivity index (χ0n) is 12.5. The molecule has 20 heavy (non-hydrogen) atoms. The van der Waals surface area contributed by atoms with E-state index in [1.165, 1.54) is 12.8 Å². The minimum Gasteiger partial charge on any atom is -0.496 e. The van der Waals surface area contributed by atoms with E-state index in [0.717, 1.165) is 35.3 Å². The van der Waals surface area contributed by atoms with E-state index in [-0.39, 0.29) is 5.92 Å². The Bertz CT molecular complexity index is 526. The molecule has 0 aliphatic carbocycles. The van der Waals surface area contributed by atoms with Crippen LogP contribution >= 0.6 is 0 Å². The zero-order chi connectivity index (χ0) is 14.3. The van der Waals surface area contributed by atoms with Crippen LogP contribution in [-0.4, -0.2) is 25.0 Å². The molecule has 3 rings (SSSR count). The van der Waals surface area contributed by atoms with Crippen molar-refractivity contribution in [3.05, 3.63) is 28.8 Å². The molecule has 2 heterocycles. The van der Waals surface area contributed by atoms with Crippen LogP contribution in [0, 0.1) is 19.8 Å². The van der Waals surface area contributed by atoms with E-state index in [0.29, 0.717) is 17.9 Å². The smallest absolute Gasteiger partial charge is 0.166 e. The molecular weight excluding hydrogens is 250 g/mol. The lowest BCUT2D eigenvalue weighted by atomic mass is 9.84. The zero-order valence-corrected chi connectivity index (χ0v) is 12.5. The number of methoxy groups -OCH3 is 1. The van der Waals surface area contributed by atoms with E-state index in [4.69, 9.17) is 4.74 Å². The van der Waals surface area contributed by atoms with Gasteiger partial charge in [0.25, 0.3) is 0 Å². The second-order valence-electron chi connectivity index (χ2n) is 6.31. The number of carbonyl (C=O) groups excluding carboxylic acids is 1. The number of ether oxygens (including phenoxy) is 1. The highest BCUT2D eigenvalue weighted by Gasteiger charge is 2.37. The molecule has 3 heteroatoms. The number of hydrogen-bond donors (Lipinski definition) is 1. The van der Waals surface area contributed by atoms with Gasteiger partial charge in [0.1, 0.15) is 5.75 Å². The number of Topliss-reactive ketones (excluding diaryl/α,β-unsaturated/α-hetero) is 1. The van der Waals surface area contributed by atoms with Crippen molar-refractivity contribution in [2.75, 3.05) is 7.11 Å². The molecule has 2 aliphatic rings. The second-order valence-corrected chi connectivity index (χ2v) is 6.31. The van der Waals surface area contributed by atoms with Crippen molar-refractivity contribution >= 4 is 5.78 Å². The Hall–Kier alpha value is -1.35. The number of aryl methyl sites for hydroxylation is 2. The SMILES string of the molecule is COc1cc(C)c(C(=O)C2CC3CCC(C2)N3)cc1C. The van der Waals surface area contributed by atoms with Crippen LogP contribution in [0.15, 0.2) is 12.1 Å². The van der Waals surface area contributed by atoms with Crippen molar-refractivity contribution in [2.45, 2.75) is 51.6 Å². The molecule has 0 radical (unpaired) electrons. The van der Waals surface area contributed by atoms with Crippen LogP contribution in [0.5, 0.6) is 5.75 Å². The molecule has 0 spiro atoms. The molecule has 1 aromatic rings. The molecule has 2 bridgehead atoms. The van der Waals surface area contributed by atoms with Gasteiger partial charge in [-0.15, -0.1) is 0 Å². The summed E-state index contributed by atoms with van der Waals surface area (Å²) in [6, 6.07) is 5.10. The fourth-order valence-corrected chi connectivity index (χ4v) is 3.77. The number of rotatable bonds is 3. The van der Waals surface area contributed by atoms with Gasteiger partial charge in [0.15, 0.2) is 5.78 Å². The summed E-state index contributed by atoms with van der Waals surface area (Å²) in [5.41, 5.74) is 2.95. The Kier molecular flexibility index (Phi) is 3.55. The lowest BCUT2D eigenvalue weighted by Gasteiger charge is -2.28. The van der Waals surface area contributed by atoms with Crippen molar-refractivity contribution in [1.82, 2.24) is 5.32 Å². The molecule has 2 saturated heterocycles. The molecule has 0 saturated carbocycles. The van der Waals surface area contributed by atoms with E-state index in [1.807, 2.05) is 26.0 Å². The Morgan fingerprint density at radius 2 is 1.80 bits per heavy atom. The maximum Gasteiger partial charge on any atom is 0.166 e. The minimum absolute atomic E-state index is 0.195. The van der Waals surface area contributed by atoms with Crippen molar-refractivity contribution in [3.63, 3.8) is 0 Å². The Morgan fingerprint density at radius 1 is 1.15 bits per heavy atom. The van der Waals surface area contributed by atoms with E-state index < -0.39 is 0 Å². The summed E-state index contributed by atoms with van der Waals surface area (Å²) in [6.07, 6.45) is 4.46. The summed E-state index contributed by atoms with van der Waals surface area (Å²) in [6.45, 7) is 4.01. The number of carbonyl (C=O) groups is 1. The van der Waals surface area contributed by atoms with Gasteiger partial charge in [0.2, 0.25) is 0 Å². The fraction of sp³-hybridized carbons (Fsp3) is 0.588. The predicted octanol–water partition coefficient (Wildman–Crippen LogP) is 3.03. The monoisotopic (exact) mass is 273 g/mol. The molecule has 1 N–H and O–H groups in total. The number of nitrogens with one attached hydrogen (secondary N) is 1. The first-order valence-corrected chi connectivity index (χ1v) is 7.54. The van der Waals surface area contributed by atoms with Crippen LogP contribution in [0.2, 0.25) is 0 Å². The topological polar surface area (TPSA) is 38.3 Å². The molecule has 2 atom stereocenters. The molecular formula is C17H23NO2. The minimum atomic E-state index is 0.195. The summed E-state index contributed by atoms with van der Waals surface area (Å²) in [4.78, 5) is 12.8. The van der Waals surface area contributed by atoms with Gasteiger partial charge in [-0.2, -0.15) is 0 Å². The molecule has 2 aliphatic heterocycles. The molecule has 3 nitrogen and oxygen atoms in total. The third-order valence-electron chi connectivity index (χ3n) is 4.85. The van der Waals surface area contributed by atoms with Gasteiger partial charge in [0, 0.05) is 23.6 Å². The van der Waals surface area contributed by atoms with E-state index >= 15 is 0 Å². The lowest BCUT2D eigenvalue weighted by molar-refractivity contribution is 0.0875. The molecule has 108 valence electrons. The maximum atomic E-state index is 12.8. The van der Waals surface area contributed by atoms with Gasteiger partial charge in [0.05, 0.1) is 7.11 Å². The summed E-state index contributed by atoms with van der Waals surface area (Å²) in [5.74, 6) is 1.39. The van der Waals surface area contributed by atoms with Gasteiger partial charge in [-0.05, 0) is 62.8 Å².